The number of aromatic nitrogens is 3. The number of carbonyl (C=O) groups excluding carboxylic acids is 1. The minimum atomic E-state index is -0.0471. The summed E-state index contributed by atoms with van der Waals surface area (Å²) >= 11 is 12.7. The molecule has 5 nitrogen and oxygen atoms in total. The van der Waals surface area contributed by atoms with Crippen LogP contribution in [0.25, 0.3) is 10.2 Å². The zero-order valence-corrected chi connectivity index (χ0v) is 20.1. The molecule has 1 amide bonds. The van der Waals surface area contributed by atoms with Gasteiger partial charge in [-0.15, -0.1) is 23.7 Å². The van der Waals surface area contributed by atoms with Gasteiger partial charge in [-0.05, 0) is 53.0 Å². The molecule has 0 radical (unpaired) electrons. The number of thiophene rings is 1. The fraction of sp³-hybridized carbons (Fsp3) is 0.211. The van der Waals surface area contributed by atoms with Crippen LogP contribution in [0.4, 0.5) is 5.13 Å². The lowest BCUT2D eigenvalue weighted by Crippen LogP contribution is -2.31. The molecule has 10 heteroatoms. The summed E-state index contributed by atoms with van der Waals surface area (Å²) in [5, 5.41) is 1.33. The molecule has 4 aromatic rings. The van der Waals surface area contributed by atoms with E-state index in [1.807, 2.05) is 42.0 Å². The van der Waals surface area contributed by atoms with E-state index >= 15 is 0 Å². The standard InChI is InChI=1S/C19H16BrClN4OS2.ClH/c1-12-3-4-13(21)17-16(12)23-19(28-17)25(9-2-8-24-10-7-22-11-24)18(26)14-5-6-15(20)27-14;/h3-7,10-11H,2,8-9H2,1H3;1H. The van der Waals surface area contributed by atoms with Crippen LogP contribution in [0, 0.1) is 6.92 Å². The molecular formula is C19H17BrCl2N4OS2. The Hall–Kier alpha value is -1.45. The molecule has 0 fully saturated rings. The highest BCUT2D eigenvalue weighted by Gasteiger charge is 2.23. The van der Waals surface area contributed by atoms with Gasteiger partial charge < -0.3 is 4.57 Å². The maximum absolute atomic E-state index is 13.2. The summed E-state index contributed by atoms with van der Waals surface area (Å²) in [7, 11) is 0. The number of carbonyl (C=O) groups is 1. The number of nitrogens with zero attached hydrogens (tertiary/aromatic N) is 4. The van der Waals surface area contributed by atoms with Gasteiger partial charge in [0.05, 0.1) is 30.2 Å². The lowest BCUT2D eigenvalue weighted by molar-refractivity contribution is 0.0990. The molecule has 4 rings (SSSR count). The number of anilines is 1. The molecule has 0 aliphatic heterocycles. The normalized spacial score (nSPS) is 10.9. The SMILES string of the molecule is Cc1ccc(Cl)c2sc(N(CCCn3ccnc3)C(=O)c3ccc(Br)s3)nc12.Cl. The predicted octanol–water partition coefficient (Wildman–Crippen LogP) is 6.44. The summed E-state index contributed by atoms with van der Waals surface area (Å²) in [5.74, 6) is -0.0471. The van der Waals surface area contributed by atoms with E-state index in [-0.39, 0.29) is 18.3 Å². The molecule has 0 N–H and O–H groups in total. The van der Waals surface area contributed by atoms with Gasteiger partial charge >= 0.3 is 0 Å². The van der Waals surface area contributed by atoms with Crippen LogP contribution in [-0.2, 0) is 6.54 Å². The van der Waals surface area contributed by atoms with Crippen molar-refractivity contribution < 1.29 is 4.79 Å². The number of hydrogen-bond acceptors (Lipinski definition) is 5. The first-order valence-corrected chi connectivity index (χ1v) is 11.4. The highest BCUT2D eigenvalue weighted by molar-refractivity contribution is 9.11. The van der Waals surface area contributed by atoms with Crippen LogP contribution in [0.15, 0.2) is 46.8 Å². The van der Waals surface area contributed by atoms with Crippen molar-refractivity contribution in [2.24, 2.45) is 0 Å². The van der Waals surface area contributed by atoms with Gasteiger partial charge in [-0.1, -0.05) is 29.0 Å². The van der Waals surface area contributed by atoms with Crippen LogP contribution in [-0.4, -0.2) is 27.0 Å². The van der Waals surface area contributed by atoms with E-state index in [9.17, 15) is 4.79 Å². The zero-order valence-electron chi connectivity index (χ0n) is 15.3. The Labute approximate surface area is 195 Å². The number of hydrogen-bond donors (Lipinski definition) is 0. The first kappa shape index (κ1) is 22.2. The first-order valence-electron chi connectivity index (χ1n) is 8.61. The minimum Gasteiger partial charge on any atom is -0.337 e. The van der Waals surface area contributed by atoms with Gasteiger partial charge in [0.15, 0.2) is 5.13 Å². The molecule has 0 aliphatic carbocycles. The summed E-state index contributed by atoms with van der Waals surface area (Å²) in [6, 6.07) is 7.56. The van der Waals surface area contributed by atoms with Gasteiger partial charge in [-0.2, -0.15) is 0 Å². The van der Waals surface area contributed by atoms with Crippen LogP contribution in [0.3, 0.4) is 0 Å². The van der Waals surface area contributed by atoms with Crippen molar-refractivity contribution in [2.75, 3.05) is 11.4 Å². The quantitative estimate of drug-likeness (QED) is 0.287. The smallest absolute Gasteiger partial charge is 0.270 e. The maximum atomic E-state index is 13.2. The van der Waals surface area contributed by atoms with Crippen LogP contribution in [0.5, 0.6) is 0 Å². The van der Waals surface area contributed by atoms with Crippen LogP contribution in [0.2, 0.25) is 5.02 Å². The molecule has 0 saturated heterocycles. The van der Waals surface area contributed by atoms with E-state index in [0.29, 0.717) is 21.6 Å². The van der Waals surface area contributed by atoms with Crippen molar-refractivity contribution in [2.45, 2.75) is 19.9 Å². The Balaban J connectivity index is 0.00000240. The summed E-state index contributed by atoms with van der Waals surface area (Å²) in [6.07, 6.45) is 6.24. The molecule has 152 valence electrons. The maximum Gasteiger partial charge on any atom is 0.270 e. The molecule has 0 unspecified atom stereocenters. The van der Waals surface area contributed by atoms with Gasteiger partial charge in [0.2, 0.25) is 0 Å². The Morgan fingerprint density at radius 2 is 2.10 bits per heavy atom. The lowest BCUT2D eigenvalue weighted by Gasteiger charge is -2.19. The fourth-order valence-electron chi connectivity index (χ4n) is 2.88. The van der Waals surface area contributed by atoms with Crippen molar-refractivity contribution in [3.05, 3.63) is 62.2 Å². The summed E-state index contributed by atoms with van der Waals surface area (Å²) in [4.78, 5) is 24.5. The molecular weight excluding hydrogens is 515 g/mol. The van der Waals surface area contributed by atoms with Gasteiger partial charge in [-0.25, -0.2) is 9.97 Å². The Kier molecular flexibility index (Phi) is 7.34. The third-order valence-electron chi connectivity index (χ3n) is 4.30. The summed E-state index contributed by atoms with van der Waals surface area (Å²) < 4.78 is 3.85. The Bertz CT molecular complexity index is 1090. The van der Waals surface area contributed by atoms with Crippen molar-refractivity contribution >= 4 is 83.9 Å². The van der Waals surface area contributed by atoms with Crippen molar-refractivity contribution in [1.82, 2.24) is 14.5 Å². The second-order valence-electron chi connectivity index (χ2n) is 6.25. The number of thiazole rings is 1. The number of aryl methyl sites for hydroxylation is 2. The van der Waals surface area contributed by atoms with E-state index in [0.717, 1.165) is 32.5 Å². The molecule has 0 spiro atoms. The lowest BCUT2D eigenvalue weighted by atomic mass is 10.2. The van der Waals surface area contributed by atoms with Crippen LogP contribution in [0.1, 0.15) is 21.7 Å². The average Bonchev–Trinajstić information content (AvgIpc) is 3.42. The second-order valence-corrected chi connectivity index (χ2v) is 10.1. The van der Waals surface area contributed by atoms with E-state index in [1.54, 1.807) is 17.4 Å². The monoisotopic (exact) mass is 530 g/mol. The molecule has 0 bridgehead atoms. The molecule has 29 heavy (non-hydrogen) atoms. The van der Waals surface area contributed by atoms with Crippen molar-refractivity contribution in [1.29, 1.82) is 0 Å². The van der Waals surface area contributed by atoms with E-state index in [2.05, 4.69) is 20.9 Å². The third kappa shape index (κ3) is 4.83. The summed E-state index contributed by atoms with van der Waals surface area (Å²) in [6.45, 7) is 3.34. The van der Waals surface area contributed by atoms with Crippen LogP contribution >= 0.6 is 62.6 Å². The summed E-state index contributed by atoms with van der Waals surface area (Å²) in [5.41, 5.74) is 1.90. The van der Waals surface area contributed by atoms with E-state index in [1.165, 1.54) is 22.7 Å². The van der Waals surface area contributed by atoms with E-state index in [4.69, 9.17) is 16.6 Å². The van der Waals surface area contributed by atoms with Gasteiger partial charge in [0.25, 0.3) is 5.91 Å². The molecule has 3 heterocycles. The Morgan fingerprint density at radius 3 is 2.76 bits per heavy atom. The first-order chi connectivity index (χ1) is 13.5. The zero-order chi connectivity index (χ0) is 19.7. The Morgan fingerprint density at radius 1 is 1.28 bits per heavy atom. The topological polar surface area (TPSA) is 51.0 Å². The van der Waals surface area contributed by atoms with Gasteiger partial charge in [-0.3, -0.25) is 9.69 Å². The highest BCUT2D eigenvalue weighted by Crippen LogP contribution is 2.36. The third-order valence-corrected chi connectivity index (χ3v) is 7.45. The molecule has 3 aromatic heterocycles. The number of amides is 1. The molecule has 0 aliphatic rings. The van der Waals surface area contributed by atoms with Crippen molar-refractivity contribution in [3.8, 4) is 0 Å². The fourth-order valence-corrected chi connectivity index (χ4v) is 5.56. The second kappa shape index (κ2) is 9.57. The largest absolute Gasteiger partial charge is 0.337 e. The van der Waals surface area contributed by atoms with Crippen LogP contribution < -0.4 is 4.90 Å². The van der Waals surface area contributed by atoms with Gasteiger partial charge in [0, 0.05) is 25.5 Å². The number of benzene rings is 1. The molecule has 0 saturated carbocycles. The minimum absolute atomic E-state index is 0. The van der Waals surface area contributed by atoms with E-state index < -0.39 is 0 Å². The molecule has 1 aromatic carbocycles. The number of rotatable bonds is 6. The number of imidazole rings is 1. The number of fused-ring (bicyclic) bond motifs is 1. The van der Waals surface area contributed by atoms with Crippen molar-refractivity contribution in [3.63, 3.8) is 0 Å². The molecule has 0 atom stereocenters. The number of halogens is 3. The predicted molar refractivity (Wildman–Crippen MR) is 127 cm³/mol. The van der Waals surface area contributed by atoms with Gasteiger partial charge in [0.1, 0.15) is 0 Å². The highest BCUT2D eigenvalue weighted by atomic mass is 79.9. The average molecular weight is 532 g/mol.